The Morgan fingerprint density at radius 3 is 2.77 bits per heavy atom. The third-order valence-corrected chi connectivity index (χ3v) is 4.56. The van der Waals surface area contributed by atoms with Crippen LogP contribution in [0.4, 0.5) is 4.39 Å². The Kier molecular flexibility index (Phi) is 4.60. The van der Waals surface area contributed by atoms with Crippen LogP contribution in [0.1, 0.15) is 34.4 Å². The highest BCUT2D eigenvalue weighted by molar-refractivity contribution is 7.10. The van der Waals surface area contributed by atoms with Crippen molar-refractivity contribution in [1.82, 2.24) is 15.2 Å². The Morgan fingerprint density at radius 2 is 2.05 bits per heavy atom. The average molecular weight is 317 g/mol. The van der Waals surface area contributed by atoms with Crippen molar-refractivity contribution in [2.45, 2.75) is 25.4 Å². The van der Waals surface area contributed by atoms with Crippen molar-refractivity contribution in [2.75, 3.05) is 0 Å². The van der Waals surface area contributed by atoms with Gasteiger partial charge in [0, 0.05) is 4.88 Å². The van der Waals surface area contributed by atoms with Gasteiger partial charge in [-0.05, 0) is 54.0 Å². The second-order valence-electron chi connectivity index (χ2n) is 5.10. The predicted molar refractivity (Wildman–Crippen MR) is 83.2 cm³/mol. The number of aromatic nitrogens is 3. The molecule has 6 heteroatoms. The maximum Gasteiger partial charge on any atom is 0.153 e. The van der Waals surface area contributed by atoms with Crippen LogP contribution in [0.3, 0.4) is 0 Å². The van der Waals surface area contributed by atoms with E-state index in [-0.39, 0.29) is 5.82 Å². The van der Waals surface area contributed by atoms with E-state index < -0.39 is 6.10 Å². The molecule has 2 aromatic heterocycles. The first-order valence-corrected chi connectivity index (χ1v) is 7.93. The van der Waals surface area contributed by atoms with Crippen molar-refractivity contribution in [3.8, 4) is 0 Å². The van der Waals surface area contributed by atoms with Gasteiger partial charge in [0.1, 0.15) is 18.2 Å². The molecule has 1 unspecified atom stereocenters. The van der Waals surface area contributed by atoms with E-state index in [1.807, 2.05) is 0 Å². The predicted octanol–water partition coefficient (Wildman–Crippen LogP) is 3.26. The standard InChI is InChI=1S/C16H16FN3OS/c17-13-3-1-11(2-4-13)9-12-7-8-22-15(12)6-5-14(21)16-18-10-19-20-16/h1-4,7-8,10,14,21H,5-6,9H2,(H,18,19,20). The van der Waals surface area contributed by atoms with Crippen molar-refractivity contribution in [2.24, 2.45) is 0 Å². The number of hydrogen-bond donors (Lipinski definition) is 2. The fraction of sp³-hybridized carbons (Fsp3) is 0.250. The molecule has 114 valence electrons. The van der Waals surface area contributed by atoms with E-state index in [1.165, 1.54) is 28.9 Å². The molecular formula is C16H16FN3OS. The molecule has 0 aliphatic rings. The van der Waals surface area contributed by atoms with Gasteiger partial charge in [-0.25, -0.2) is 9.37 Å². The summed E-state index contributed by atoms with van der Waals surface area (Å²) < 4.78 is 12.9. The maximum absolute atomic E-state index is 12.9. The Labute approximate surface area is 131 Å². The average Bonchev–Trinajstić information content (AvgIpc) is 3.19. The lowest BCUT2D eigenvalue weighted by atomic mass is 10.0. The number of aliphatic hydroxyl groups is 1. The lowest BCUT2D eigenvalue weighted by molar-refractivity contribution is 0.158. The smallest absolute Gasteiger partial charge is 0.153 e. The summed E-state index contributed by atoms with van der Waals surface area (Å²) in [6.45, 7) is 0. The van der Waals surface area contributed by atoms with Gasteiger partial charge in [0.15, 0.2) is 5.82 Å². The highest BCUT2D eigenvalue weighted by Crippen LogP contribution is 2.24. The number of aryl methyl sites for hydroxylation is 1. The fourth-order valence-corrected chi connectivity index (χ4v) is 3.27. The van der Waals surface area contributed by atoms with Gasteiger partial charge in [0.2, 0.25) is 0 Å². The van der Waals surface area contributed by atoms with Crippen molar-refractivity contribution in [3.05, 3.63) is 69.7 Å². The highest BCUT2D eigenvalue weighted by atomic mass is 32.1. The van der Waals surface area contributed by atoms with Crippen molar-refractivity contribution < 1.29 is 9.50 Å². The van der Waals surface area contributed by atoms with Crippen LogP contribution in [0.25, 0.3) is 0 Å². The molecule has 3 rings (SSSR count). The van der Waals surface area contributed by atoms with Crippen LogP contribution >= 0.6 is 11.3 Å². The SMILES string of the molecule is OC(CCc1sccc1Cc1ccc(F)cc1)c1ncn[nH]1. The number of aliphatic hydroxyl groups excluding tert-OH is 1. The minimum atomic E-state index is -0.636. The molecule has 3 aromatic rings. The first-order valence-electron chi connectivity index (χ1n) is 7.05. The van der Waals surface area contributed by atoms with E-state index in [0.717, 1.165) is 18.4 Å². The molecule has 1 atom stereocenters. The van der Waals surface area contributed by atoms with E-state index in [1.54, 1.807) is 23.5 Å². The molecule has 0 radical (unpaired) electrons. The second kappa shape index (κ2) is 6.81. The molecule has 2 heterocycles. The number of aromatic amines is 1. The van der Waals surface area contributed by atoms with Crippen LogP contribution in [0.2, 0.25) is 0 Å². The van der Waals surface area contributed by atoms with E-state index >= 15 is 0 Å². The summed E-state index contributed by atoms with van der Waals surface area (Å²) in [5.41, 5.74) is 2.30. The summed E-state index contributed by atoms with van der Waals surface area (Å²) in [5.74, 6) is 0.279. The summed E-state index contributed by atoms with van der Waals surface area (Å²) in [5, 5.41) is 18.5. The van der Waals surface area contributed by atoms with Crippen LogP contribution in [-0.2, 0) is 12.8 Å². The normalized spacial score (nSPS) is 12.5. The summed E-state index contributed by atoms with van der Waals surface area (Å²) >= 11 is 1.68. The summed E-state index contributed by atoms with van der Waals surface area (Å²) in [7, 11) is 0. The third kappa shape index (κ3) is 3.58. The van der Waals surface area contributed by atoms with Crippen LogP contribution in [0.15, 0.2) is 42.0 Å². The molecule has 0 saturated heterocycles. The number of hydrogen-bond acceptors (Lipinski definition) is 4. The van der Waals surface area contributed by atoms with Crippen LogP contribution < -0.4 is 0 Å². The van der Waals surface area contributed by atoms with E-state index in [4.69, 9.17) is 0 Å². The molecule has 0 aliphatic heterocycles. The summed E-state index contributed by atoms with van der Waals surface area (Å²) in [6.07, 6.45) is 2.90. The van der Waals surface area contributed by atoms with Crippen molar-refractivity contribution in [1.29, 1.82) is 0 Å². The Hall–Kier alpha value is -2.05. The molecule has 0 spiro atoms. The topological polar surface area (TPSA) is 61.8 Å². The Bertz CT molecular complexity index is 709. The van der Waals surface area contributed by atoms with Gasteiger partial charge in [0.05, 0.1) is 0 Å². The van der Waals surface area contributed by atoms with E-state index in [2.05, 4.69) is 26.6 Å². The van der Waals surface area contributed by atoms with E-state index in [9.17, 15) is 9.50 Å². The second-order valence-corrected chi connectivity index (χ2v) is 6.10. The van der Waals surface area contributed by atoms with Gasteiger partial charge >= 0.3 is 0 Å². The quantitative estimate of drug-likeness (QED) is 0.733. The molecule has 0 saturated carbocycles. The Balaban J connectivity index is 1.63. The first kappa shape index (κ1) is 14.9. The zero-order chi connectivity index (χ0) is 15.4. The molecule has 4 nitrogen and oxygen atoms in total. The fourth-order valence-electron chi connectivity index (χ4n) is 2.35. The van der Waals surface area contributed by atoms with Crippen molar-refractivity contribution >= 4 is 11.3 Å². The molecule has 0 bridgehead atoms. The monoisotopic (exact) mass is 317 g/mol. The number of thiophene rings is 1. The van der Waals surface area contributed by atoms with Crippen LogP contribution in [-0.4, -0.2) is 20.3 Å². The van der Waals surface area contributed by atoms with Crippen LogP contribution in [0, 0.1) is 5.82 Å². The number of benzene rings is 1. The largest absolute Gasteiger partial charge is 0.385 e. The Morgan fingerprint density at radius 1 is 1.23 bits per heavy atom. The summed E-state index contributed by atoms with van der Waals surface area (Å²) in [6, 6.07) is 8.66. The minimum Gasteiger partial charge on any atom is -0.385 e. The number of H-pyrrole nitrogens is 1. The van der Waals surface area contributed by atoms with Crippen molar-refractivity contribution in [3.63, 3.8) is 0 Å². The number of nitrogens with zero attached hydrogens (tertiary/aromatic N) is 2. The lowest BCUT2D eigenvalue weighted by Gasteiger charge is -2.08. The van der Waals surface area contributed by atoms with Gasteiger partial charge in [-0.15, -0.1) is 11.3 Å². The van der Waals surface area contributed by atoms with Gasteiger partial charge < -0.3 is 5.11 Å². The van der Waals surface area contributed by atoms with E-state index in [0.29, 0.717) is 12.2 Å². The maximum atomic E-state index is 12.9. The van der Waals surface area contributed by atoms with Gasteiger partial charge in [-0.2, -0.15) is 5.10 Å². The zero-order valence-electron chi connectivity index (χ0n) is 11.9. The molecule has 22 heavy (non-hydrogen) atoms. The van der Waals surface area contributed by atoms with Gasteiger partial charge in [-0.1, -0.05) is 12.1 Å². The summed E-state index contributed by atoms with van der Waals surface area (Å²) in [4.78, 5) is 5.20. The molecule has 0 aliphatic carbocycles. The third-order valence-electron chi connectivity index (χ3n) is 3.54. The van der Waals surface area contributed by atoms with Gasteiger partial charge in [-0.3, -0.25) is 5.10 Å². The first-order chi connectivity index (χ1) is 10.7. The molecule has 0 amide bonds. The highest BCUT2D eigenvalue weighted by Gasteiger charge is 2.13. The molecular weight excluding hydrogens is 301 g/mol. The molecule has 2 N–H and O–H groups in total. The lowest BCUT2D eigenvalue weighted by Crippen LogP contribution is -2.02. The number of rotatable bonds is 6. The van der Waals surface area contributed by atoms with Gasteiger partial charge in [0.25, 0.3) is 0 Å². The zero-order valence-corrected chi connectivity index (χ0v) is 12.7. The number of nitrogens with one attached hydrogen (secondary N) is 1. The molecule has 1 aromatic carbocycles. The van der Waals surface area contributed by atoms with Crippen LogP contribution in [0.5, 0.6) is 0 Å². The number of halogens is 1. The minimum absolute atomic E-state index is 0.218. The molecule has 0 fully saturated rings.